The molecule has 162 valence electrons. The molecule has 1 saturated heterocycles. The second kappa shape index (κ2) is 11.0. The smallest absolute Gasteiger partial charge is 0.269 e. The zero-order valence-corrected chi connectivity index (χ0v) is 16.0. The molecule has 4 N–H and O–H groups in total. The number of nitrogens with one attached hydrogen (secondary N) is 1. The minimum Gasteiger partial charge on any atom is -0.462 e. The van der Waals surface area contributed by atoms with E-state index in [1.165, 1.54) is 24.3 Å². The quantitative estimate of drug-likeness (QED) is 0.229. The fraction of sp³-hybridized carbons (Fsp3) is 0.611. The first kappa shape index (κ1) is 23.0. The molecule has 11 nitrogen and oxygen atoms in total. The number of carbonyl (C=O) groups is 1. The molecule has 29 heavy (non-hydrogen) atoms. The maximum absolute atomic E-state index is 11.8. The van der Waals surface area contributed by atoms with Crippen LogP contribution in [0.3, 0.4) is 0 Å². The average Bonchev–Trinajstić information content (AvgIpc) is 2.70. The third-order valence-corrected chi connectivity index (χ3v) is 4.38. The number of amides is 1. The molecule has 0 aromatic heterocycles. The first-order valence-corrected chi connectivity index (χ1v) is 9.29. The zero-order chi connectivity index (χ0) is 21.4. The molecule has 2 rings (SSSR count). The number of hydrogen-bond acceptors (Lipinski definition) is 9. The lowest BCUT2D eigenvalue weighted by Gasteiger charge is -2.41. The number of nitro groups is 1. The van der Waals surface area contributed by atoms with Gasteiger partial charge in [0.1, 0.15) is 36.8 Å². The van der Waals surface area contributed by atoms with Gasteiger partial charge in [-0.15, -0.1) is 0 Å². The first-order chi connectivity index (χ1) is 13.9. The maximum Gasteiger partial charge on any atom is 0.269 e. The number of carbonyl (C=O) groups excluding carboxylic acids is 1. The van der Waals surface area contributed by atoms with Crippen molar-refractivity contribution < 1.29 is 39.2 Å². The van der Waals surface area contributed by atoms with E-state index in [0.29, 0.717) is 6.54 Å². The molecule has 1 aliphatic rings. The lowest BCUT2D eigenvalue weighted by molar-refractivity contribution is -0.384. The van der Waals surface area contributed by atoms with E-state index >= 15 is 0 Å². The number of nitrogens with zero attached hydrogens (tertiary/aromatic N) is 1. The van der Waals surface area contributed by atoms with Crippen LogP contribution in [-0.4, -0.2) is 76.6 Å². The summed E-state index contributed by atoms with van der Waals surface area (Å²) >= 11 is 0. The van der Waals surface area contributed by atoms with E-state index in [0.717, 1.165) is 12.8 Å². The highest BCUT2D eigenvalue weighted by Gasteiger charge is 2.46. The maximum atomic E-state index is 11.8. The number of hydrogen-bond donors (Lipinski definition) is 4. The Labute approximate surface area is 167 Å². The Bertz CT molecular complexity index is 670. The zero-order valence-electron chi connectivity index (χ0n) is 16.0. The van der Waals surface area contributed by atoms with Crippen LogP contribution in [0.25, 0.3) is 0 Å². The standard InChI is InChI=1S/C18H26N2O9/c1-2-3-8-19-14(22)10-27-17-15(23)13(9-21)29-18(16(17)24)28-12-6-4-11(5-7-12)20(25)26/h4-7,13,15-18,21,23-24H,2-3,8-10H2,1H3,(H,19,22)/t13-,15+,16-,17+,18+/m1/s1. The van der Waals surface area contributed by atoms with Crippen molar-refractivity contribution in [2.45, 2.75) is 50.5 Å². The van der Waals surface area contributed by atoms with Gasteiger partial charge in [0, 0.05) is 18.7 Å². The fourth-order valence-corrected chi connectivity index (χ4v) is 2.76. The van der Waals surface area contributed by atoms with Crippen molar-refractivity contribution in [3.63, 3.8) is 0 Å². The summed E-state index contributed by atoms with van der Waals surface area (Å²) in [5, 5.41) is 43.6. The minimum atomic E-state index is -1.48. The second-order valence-corrected chi connectivity index (χ2v) is 6.55. The summed E-state index contributed by atoms with van der Waals surface area (Å²) in [5.74, 6) is -0.235. The van der Waals surface area contributed by atoms with Crippen molar-refractivity contribution >= 4 is 11.6 Å². The largest absolute Gasteiger partial charge is 0.462 e. The highest BCUT2D eigenvalue weighted by Crippen LogP contribution is 2.27. The summed E-state index contributed by atoms with van der Waals surface area (Å²) in [6, 6.07) is 5.09. The topological polar surface area (TPSA) is 161 Å². The summed E-state index contributed by atoms with van der Waals surface area (Å²) < 4.78 is 16.3. The molecule has 5 atom stereocenters. The number of ether oxygens (including phenoxy) is 3. The van der Waals surface area contributed by atoms with E-state index in [2.05, 4.69) is 5.32 Å². The van der Waals surface area contributed by atoms with Crippen LogP contribution in [0.5, 0.6) is 5.75 Å². The Morgan fingerprint density at radius 2 is 1.97 bits per heavy atom. The molecule has 1 aromatic carbocycles. The van der Waals surface area contributed by atoms with Gasteiger partial charge in [0.2, 0.25) is 12.2 Å². The van der Waals surface area contributed by atoms with Crippen LogP contribution in [0.1, 0.15) is 19.8 Å². The van der Waals surface area contributed by atoms with Gasteiger partial charge >= 0.3 is 0 Å². The van der Waals surface area contributed by atoms with E-state index < -0.39 is 54.8 Å². The number of non-ortho nitro benzene ring substituents is 1. The lowest BCUT2D eigenvalue weighted by atomic mass is 9.99. The van der Waals surface area contributed by atoms with Crippen LogP contribution in [0, 0.1) is 10.1 Å². The average molecular weight is 414 g/mol. The fourth-order valence-electron chi connectivity index (χ4n) is 2.76. The van der Waals surface area contributed by atoms with E-state index in [9.17, 15) is 30.2 Å². The Morgan fingerprint density at radius 3 is 2.55 bits per heavy atom. The molecule has 1 fully saturated rings. The van der Waals surface area contributed by atoms with Crippen molar-refractivity contribution in [3.05, 3.63) is 34.4 Å². The van der Waals surface area contributed by atoms with Crippen molar-refractivity contribution in [1.29, 1.82) is 0 Å². The molecule has 1 heterocycles. The molecule has 1 aliphatic heterocycles. The van der Waals surface area contributed by atoms with Gasteiger partial charge in [-0.1, -0.05) is 13.3 Å². The lowest BCUT2D eigenvalue weighted by Crippen LogP contribution is -2.61. The number of nitro benzene ring substituents is 1. The van der Waals surface area contributed by atoms with Crippen LogP contribution < -0.4 is 10.1 Å². The Morgan fingerprint density at radius 1 is 1.28 bits per heavy atom. The van der Waals surface area contributed by atoms with Crippen LogP contribution in [0.15, 0.2) is 24.3 Å². The SMILES string of the molecule is CCCCNC(=O)CO[C@H]1[C@@H](O)[C@@H](CO)O[C@H](Oc2ccc([N+](=O)[O-])cc2)[C@@H]1O. The van der Waals surface area contributed by atoms with Gasteiger partial charge in [0.25, 0.3) is 5.69 Å². The first-order valence-electron chi connectivity index (χ1n) is 9.29. The van der Waals surface area contributed by atoms with Crippen molar-refractivity contribution in [2.75, 3.05) is 19.8 Å². The Kier molecular flexibility index (Phi) is 8.73. The van der Waals surface area contributed by atoms with Crippen molar-refractivity contribution in [2.24, 2.45) is 0 Å². The predicted octanol–water partition coefficient (Wildman–Crippen LogP) is -0.286. The molecule has 0 radical (unpaired) electrons. The number of aliphatic hydroxyl groups is 3. The molecule has 0 unspecified atom stereocenters. The number of benzene rings is 1. The van der Waals surface area contributed by atoms with Gasteiger partial charge in [0.05, 0.1) is 11.5 Å². The Balaban J connectivity index is 2.01. The van der Waals surface area contributed by atoms with Gasteiger partial charge < -0.3 is 34.8 Å². The summed E-state index contributed by atoms with van der Waals surface area (Å²) in [4.78, 5) is 22.0. The minimum absolute atomic E-state index is 0.138. The van der Waals surface area contributed by atoms with E-state index in [4.69, 9.17) is 14.2 Å². The number of unbranched alkanes of at least 4 members (excludes halogenated alkanes) is 1. The van der Waals surface area contributed by atoms with Crippen LogP contribution in [0.4, 0.5) is 5.69 Å². The second-order valence-electron chi connectivity index (χ2n) is 6.55. The molecule has 0 bridgehead atoms. The third-order valence-electron chi connectivity index (χ3n) is 4.38. The Hall–Kier alpha value is -2.31. The molecule has 1 amide bonds. The van der Waals surface area contributed by atoms with Gasteiger partial charge in [0.15, 0.2) is 0 Å². The number of rotatable bonds is 10. The third kappa shape index (κ3) is 6.34. The van der Waals surface area contributed by atoms with Crippen LogP contribution in [-0.2, 0) is 14.3 Å². The highest BCUT2D eigenvalue weighted by atomic mass is 16.7. The molecular weight excluding hydrogens is 388 g/mol. The molecule has 0 saturated carbocycles. The van der Waals surface area contributed by atoms with Gasteiger partial charge in [-0.2, -0.15) is 0 Å². The van der Waals surface area contributed by atoms with E-state index in [1.807, 2.05) is 6.92 Å². The van der Waals surface area contributed by atoms with Gasteiger partial charge in [-0.25, -0.2) is 0 Å². The van der Waals surface area contributed by atoms with Crippen molar-refractivity contribution in [3.8, 4) is 5.75 Å². The molecule has 0 aliphatic carbocycles. The van der Waals surface area contributed by atoms with Crippen LogP contribution in [0.2, 0.25) is 0 Å². The summed E-state index contributed by atoms with van der Waals surface area (Å²) in [6.45, 7) is 1.50. The normalized spacial score (nSPS) is 26.7. The monoisotopic (exact) mass is 414 g/mol. The van der Waals surface area contributed by atoms with Crippen molar-refractivity contribution in [1.82, 2.24) is 5.32 Å². The van der Waals surface area contributed by atoms with E-state index in [-0.39, 0.29) is 11.4 Å². The summed E-state index contributed by atoms with van der Waals surface area (Å²) in [6.07, 6.45) is -4.84. The highest BCUT2D eigenvalue weighted by molar-refractivity contribution is 5.77. The van der Waals surface area contributed by atoms with Gasteiger partial charge in [-0.05, 0) is 18.6 Å². The molecule has 0 spiro atoms. The van der Waals surface area contributed by atoms with Gasteiger partial charge in [-0.3, -0.25) is 14.9 Å². The predicted molar refractivity (Wildman–Crippen MR) is 99.1 cm³/mol. The number of aliphatic hydroxyl groups excluding tert-OH is 3. The molecular formula is C18H26N2O9. The van der Waals surface area contributed by atoms with E-state index in [1.54, 1.807) is 0 Å². The summed E-state index contributed by atoms with van der Waals surface area (Å²) in [7, 11) is 0. The molecule has 11 heteroatoms. The molecule has 1 aromatic rings. The van der Waals surface area contributed by atoms with Crippen LogP contribution >= 0.6 is 0 Å². The summed E-state index contributed by atoms with van der Waals surface area (Å²) in [5.41, 5.74) is -0.138.